The van der Waals surface area contributed by atoms with Crippen molar-refractivity contribution in [3.8, 4) is 0 Å². The molecule has 2 nitrogen and oxygen atoms in total. The molecule has 1 atom stereocenters. The molecule has 0 spiro atoms. The van der Waals surface area contributed by atoms with Crippen LogP contribution >= 0.6 is 0 Å². The van der Waals surface area contributed by atoms with Crippen LogP contribution in [0.1, 0.15) is 51.4 Å². The third-order valence-corrected chi connectivity index (χ3v) is 2.80. The van der Waals surface area contributed by atoms with Gasteiger partial charge < -0.3 is 9.47 Å². The molecule has 102 valence electrons. The van der Waals surface area contributed by atoms with E-state index in [0.717, 1.165) is 38.7 Å². The summed E-state index contributed by atoms with van der Waals surface area (Å²) < 4.78 is 46.4. The van der Waals surface area contributed by atoms with Gasteiger partial charge in [0.1, 0.15) is 0 Å². The average molecular weight is 254 g/mol. The van der Waals surface area contributed by atoms with Crippen LogP contribution in [0.15, 0.2) is 0 Å². The summed E-state index contributed by atoms with van der Waals surface area (Å²) in [6.45, 7) is 1.35. The topological polar surface area (TPSA) is 18.5 Å². The zero-order valence-corrected chi connectivity index (χ0v) is 10.1. The lowest BCUT2D eigenvalue weighted by Crippen LogP contribution is -2.22. The van der Waals surface area contributed by atoms with Gasteiger partial charge in [-0.05, 0) is 32.1 Å². The summed E-state index contributed by atoms with van der Waals surface area (Å²) in [5.74, 6) is 0. The first kappa shape index (κ1) is 14.8. The zero-order chi connectivity index (χ0) is 12.6. The van der Waals surface area contributed by atoms with Crippen molar-refractivity contribution in [3.63, 3.8) is 0 Å². The number of halogens is 3. The molecular formula is C12H21F3O2. The summed E-state index contributed by atoms with van der Waals surface area (Å²) in [4.78, 5) is 0. The van der Waals surface area contributed by atoms with E-state index in [-0.39, 0.29) is 12.7 Å². The van der Waals surface area contributed by atoms with Crippen LogP contribution in [0.2, 0.25) is 0 Å². The van der Waals surface area contributed by atoms with Gasteiger partial charge in [0.2, 0.25) is 0 Å². The van der Waals surface area contributed by atoms with Crippen LogP contribution in [0.25, 0.3) is 0 Å². The molecule has 1 unspecified atom stereocenters. The van der Waals surface area contributed by atoms with Crippen molar-refractivity contribution in [1.29, 1.82) is 0 Å². The van der Waals surface area contributed by atoms with Gasteiger partial charge in [0.05, 0.1) is 0 Å². The molecule has 0 aromatic carbocycles. The number of hydrogen-bond donors (Lipinski definition) is 0. The molecule has 5 heteroatoms. The Balaban J connectivity index is 1.84. The Hall–Kier alpha value is -0.290. The van der Waals surface area contributed by atoms with E-state index in [0.29, 0.717) is 13.0 Å². The van der Waals surface area contributed by atoms with Crippen LogP contribution in [0.3, 0.4) is 0 Å². The number of hydrogen-bond acceptors (Lipinski definition) is 2. The molecule has 0 aliphatic carbocycles. The lowest BCUT2D eigenvalue weighted by atomic mass is 10.1. The molecule has 1 aliphatic heterocycles. The van der Waals surface area contributed by atoms with E-state index in [1.165, 1.54) is 0 Å². The highest BCUT2D eigenvalue weighted by Crippen LogP contribution is 2.23. The second-order valence-electron chi connectivity index (χ2n) is 4.45. The first-order valence-electron chi connectivity index (χ1n) is 6.38. The lowest BCUT2D eigenvalue weighted by molar-refractivity contribution is -0.162. The minimum atomic E-state index is -4.01. The normalized spacial score (nSPS) is 21.7. The van der Waals surface area contributed by atoms with Crippen LogP contribution < -0.4 is 0 Å². The Morgan fingerprint density at radius 2 is 1.82 bits per heavy atom. The molecule has 1 rings (SSSR count). The van der Waals surface area contributed by atoms with E-state index in [9.17, 15) is 13.2 Å². The number of alkyl halides is 3. The van der Waals surface area contributed by atoms with E-state index < -0.39 is 12.6 Å². The van der Waals surface area contributed by atoms with E-state index >= 15 is 0 Å². The largest absolute Gasteiger partial charge is 0.389 e. The molecule has 1 heterocycles. The highest BCUT2D eigenvalue weighted by atomic mass is 19.4. The fourth-order valence-electron chi connectivity index (χ4n) is 1.84. The molecule has 1 aliphatic rings. The molecule has 17 heavy (non-hydrogen) atoms. The summed E-state index contributed by atoms with van der Waals surface area (Å²) >= 11 is 0. The summed E-state index contributed by atoms with van der Waals surface area (Å²) in [5.41, 5.74) is 0. The van der Waals surface area contributed by atoms with Crippen LogP contribution in [-0.4, -0.2) is 25.7 Å². The predicted molar refractivity (Wildman–Crippen MR) is 58.7 cm³/mol. The van der Waals surface area contributed by atoms with Crippen LogP contribution in [0.4, 0.5) is 13.2 Å². The van der Waals surface area contributed by atoms with Crippen molar-refractivity contribution in [2.45, 2.75) is 63.8 Å². The zero-order valence-electron chi connectivity index (χ0n) is 10.1. The average Bonchev–Trinajstić information content (AvgIpc) is 2.28. The molecule has 0 radical (unpaired) electrons. The van der Waals surface area contributed by atoms with E-state index in [1.807, 2.05) is 0 Å². The van der Waals surface area contributed by atoms with Gasteiger partial charge in [-0.1, -0.05) is 12.8 Å². The number of ether oxygens (including phenoxy) is 2. The van der Waals surface area contributed by atoms with Crippen LogP contribution in [0.5, 0.6) is 0 Å². The first-order chi connectivity index (χ1) is 8.08. The highest BCUT2D eigenvalue weighted by Gasteiger charge is 2.25. The van der Waals surface area contributed by atoms with Gasteiger partial charge in [-0.15, -0.1) is 0 Å². The minimum Gasteiger partial charge on any atom is -0.353 e. The van der Waals surface area contributed by atoms with Gasteiger partial charge in [0.15, 0.2) is 6.29 Å². The fraction of sp³-hybridized carbons (Fsp3) is 1.00. The van der Waals surface area contributed by atoms with Crippen molar-refractivity contribution < 1.29 is 22.6 Å². The maximum atomic E-state index is 11.8. The van der Waals surface area contributed by atoms with Crippen molar-refractivity contribution in [1.82, 2.24) is 0 Å². The molecule has 0 N–H and O–H groups in total. The van der Waals surface area contributed by atoms with Gasteiger partial charge in [-0.3, -0.25) is 0 Å². The first-order valence-corrected chi connectivity index (χ1v) is 6.38. The van der Waals surface area contributed by atoms with Crippen molar-refractivity contribution in [2.75, 3.05) is 13.2 Å². The summed E-state index contributed by atoms with van der Waals surface area (Å²) in [6.07, 6.45) is 0.866. The minimum absolute atomic E-state index is 0.0843. The number of rotatable bonds is 7. The molecule has 0 aromatic heterocycles. The predicted octanol–water partition coefficient (Wildman–Crippen LogP) is 4.04. The maximum absolute atomic E-state index is 11.8. The van der Waals surface area contributed by atoms with Crippen molar-refractivity contribution in [3.05, 3.63) is 0 Å². The summed E-state index contributed by atoms with van der Waals surface area (Å²) in [5, 5.41) is 0. The maximum Gasteiger partial charge on any atom is 0.389 e. The quantitative estimate of drug-likeness (QED) is 0.638. The van der Waals surface area contributed by atoms with Crippen molar-refractivity contribution >= 4 is 0 Å². The molecule has 0 aromatic rings. The molecular weight excluding hydrogens is 233 g/mol. The Morgan fingerprint density at radius 1 is 1.06 bits per heavy atom. The Kier molecular flexibility index (Phi) is 6.89. The molecule has 1 saturated heterocycles. The van der Waals surface area contributed by atoms with Crippen LogP contribution in [-0.2, 0) is 9.47 Å². The SMILES string of the molecule is FC(F)(F)CCCCCCOC1CCCCO1. The summed E-state index contributed by atoms with van der Waals surface area (Å²) in [6, 6.07) is 0. The standard InChI is InChI=1S/C12H21F3O2/c13-12(14,15)8-4-1-2-5-9-16-11-7-3-6-10-17-11/h11H,1-10H2. The third-order valence-electron chi connectivity index (χ3n) is 2.80. The Bertz CT molecular complexity index is 189. The molecule has 1 fully saturated rings. The van der Waals surface area contributed by atoms with E-state index in [4.69, 9.17) is 9.47 Å². The van der Waals surface area contributed by atoms with Gasteiger partial charge in [0.25, 0.3) is 0 Å². The van der Waals surface area contributed by atoms with Gasteiger partial charge in [-0.2, -0.15) is 13.2 Å². The highest BCUT2D eigenvalue weighted by molar-refractivity contribution is 4.55. The monoisotopic (exact) mass is 254 g/mol. The summed E-state index contributed by atoms with van der Waals surface area (Å²) in [7, 11) is 0. The van der Waals surface area contributed by atoms with Crippen LogP contribution in [0, 0.1) is 0 Å². The van der Waals surface area contributed by atoms with E-state index in [1.54, 1.807) is 0 Å². The second kappa shape index (κ2) is 7.93. The van der Waals surface area contributed by atoms with Gasteiger partial charge >= 0.3 is 6.18 Å². The Labute approximate surface area is 100 Å². The number of unbranched alkanes of at least 4 members (excludes halogenated alkanes) is 3. The molecule has 0 saturated carbocycles. The fourth-order valence-corrected chi connectivity index (χ4v) is 1.84. The lowest BCUT2D eigenvalue weighted by Gasteiger charge is -2.22. The van der Waals surface area contributed by atoms with E-state index in [2.05, 4.69) is 0 Å². The molecule has 0 amide bonds. The van der Waals surface area contributed by atoms with Gasteiger partial charge in [0, 0.05) is 19.6 Å². The van der Waals surface area contributed by atoms with Crippen molar-refractivity contribution in [2.24, 2.45) is 0 Å². The smallest absolute Gasteiger partial charge is 0.353 e. The third kappa shape index (κ3) is 8.44. The Morgan fingerprint density at radius 3 is 2.47 bits per heavy atom. The molecule has 0 bridgehead atoms. The second-order valence-corrected chi connectivity index (χ2v) is 4.45. The van der Waals surface area contributed by atoms with Gasteiger partial charge in [-0.25, -0.2) is 0 Å².